The molecule has 1 aliphatic heterocycles. The second-order valence-corrected chi connectivity index (χ2v) is 7.18. The van der Waals surface area contributed by atoms with Crippen molar-refractivity contribution in [2.45, 2.75) is 6.92 Å². The second-order valence-electron chi connectivity index (χ2n) is 6.17. The van der Waals surface area contributed by atoms with Crippen LogP contribution in [0.2, 0.25) is 0 Å². The molecular weight excluding hydrogens is 373 g/mol. The Bertz CT molecular complexity index is 1080. The Kier molecular flexibility index (Phi) is 5.04. The number of hydrogen-bond acceptors (Lipinski definition) is 4. The van der Waals surface area contributed by atoms with Crippen LogP contribution in [0.3, 0.4) is 0 Å². The van der Waals surface area contributed by atoms with E-state index >= 15 is 0 Å². The molecule has 1 amide bonds. The van der Waals surface area contributed by atoms with Crippen molar-refractivity contribution >= 4 is 40.4 Å². The van der Waals surface area contributed by atoms with Gasteiger partial charge in [-0.3, -0.25) is 9.69 Å². The molecular formula is C22H16FN3OS. The number of pyridine rings is 1. The lowest BCUT2D eigenvalue weighted by Gasteiger charge is -2.15. The number of anilines is 1. The molecule has 0 radical (unpaired) electrons. The summed E-state index contributed by atoms with van der Waals surface area (Å²) in [6.07, 6.45) is 1.74. The Hall–Kier alpha value is -3.25. The van der Waals surface area contributed by atoms with Gasteiger partial charge < -0.3 is 0 Å². The fraction of sp³-hybridized carbons (Fsp3) is 0.0455. The number of aryl methyl sites for hydroxylation is 1. The zero-order valence-electron chi connectivity index (χ0n) is 15.0. The summed E-state index contributed by atoms with van der Waals surface area (Å²) in [6, 6.07) is 21.0. The van der Waals surface area contributed by atoms with E-state index in [1.807, 2.05) is 49.4 Å². The zero-order chi connectivity index (χ0) is 19.5. The highest BCUT2D eigenvalue weighted by Crippen LogP contribution is 2.37. The van der Waals surface area contributed by atoms with Gasteiger partial charge in [0.2, 0.25) is 0 Å². The maximum atomic E-state index is 13.2. The second kappa shape index (κ2) is 7.78. The van der Waals surface area contributed by atoms with E-state index in [0.29, 0.717) is 15.9 Å². The number of amidine groups is 1. The summed E-state index contributed by atoms with van der Waals surface area (Å²) in [5, 5.41) is 0.530. The molecule has 3 aromatic rings. The first-order valence-electron chi connectivity index (χ1n) is 8.67. The first-order valence-corrected chi connectivity index (χ1v) is 9.49. The van der Waals surface area contributed by atoms with Gasteiger partial charge in [-0.05, 0) is 66.7 Å². The summed E-state index contributed by atoms with van der Waals surface area (Å²) < 4.78 is 13.2. The molecule has 0 N–H and O–H groups in total. The monoisotopic (exact) mass is 389 g/mol. The third kappa shape index (κ3) is 3.87. The van der Waals surface area contributed by atoms with Crippen LogP contribution >= 0.6 is 11.8 Å². The molecule has 4 rings (SSSR count). The molecule has 1 aliphatic rings. The number of benzene rings is 2. The molecule has 0 atom stereocenters. The average Bonchev–Trinajstić information content (AvgIpc) is 2.99. The van der Waals surface area contributed by atoms with Gasteiger partial charge in [-0.15, -0.1) is 0 Å². The van der Waals surface area contributed by atoms with Gasteiger partial charge in [-0.25, -0.2) is 14.4 Å². The van der Waals surface area contributed by atoms with E-state index in [-0.39, 0.29) is 11.7 Å². The molecule has 2 heterocycles. The average molecular weight is 389 g/mol. The van der Waals surface area contributed by atoms with Gasteiger partial charge >= 0.3 is 0 Å². The number of carbonyl (C=O) groups excluding carboxylic acids is 1. The summed E-state index contributed by atoms with van der Waals surface area (Å²) in [6.45, 7) is 1.89. The zero-order valence-corrected chi connectivity index (χ0v) is 15.9. The van der Waals surface area contributed by atoms with Crippen molar-refractivity contribution in [1.29, 1.82) is 0 Å². The molecule has 0 aliphatic carbocycles. The third-order valence-corrected chi connectivity index (χ3v) is 5.04. The van der Waals surface area contributed by atoms with Crippen LogP contribution in [-0.2, 0) is 4.79 Å². The van der Waals surface area contributed by atoms with E-state index in [1.165, 1.54) is 23.9 Å². The third-order valence-electron chi connectivity index (χ3n) is 4.07. The first kappa shape index (κ1) is 18.1. The van der Waals surface area contributed by atoms with Crippen molar-refractivity contribution in [3.63, 3.8) is 0 Å². The Morgan fingerprint density at radius 2 is 1.75 bits per heavy atom. The van der Waals surface area contributed by atoms with Crippen molar-refractivity contribution < 1.29 is 9.18 Å². The van der Waals surface area contributed by atoms with Gasteiger partial charge in [0.05, 0.1) is 10.6 Å². The number of hydrogen-bond donors (Lipinski definition) is 0. The fourth-order valence-corrected chi connectivity index (χ4v) is 3.74. The maximum Gasteiger partial charge on any atom is 0.271 e. The van der Waals surface area contributed by atoms with Crippen LogP contribution in [0, 0.1) is 12.7 Å². The van der Waals surface area contributed by atoms with Gasteiger partial charge in [0.25, 0.3) is 5.91 Å². The first-order chi connectivity index (χ1) is 13.6. The molecule has 1 saturated heterocycles. The van der Waals surface area contributed by atoms with Crippen LogP contribution in [0.25, 0.3) is 6.08 Å². The quantitative estimate of drug-likeness (QED) is 0.568. The van der Waals surface area contributed by atoms with Gasteiger partial charge in [0.15, 0.2) is 11.0 Å². The van der Waals surface area contributed by atoms with Crippen molar-refractivity contribution in [2.24, 2.45) is 4.99 Å². The predicted molar refractivity (Wildman–Crippen MR) is 112 cm³/mol. The Morgan fingerprint density at radius 1 is 1.00 bits per heavy atom. The minimum absolute atomic E-state index is 0.174. The van der Waals surface area contributed by atoms with Crippen molar-refractivity contribution in [2.75, 3.05) is 4.90 Å². The molecule has 4 nitrogen and oxygen atoms in total. The number of halogens is 1. The van der Waals surface area contributed by atoms with Crippen LogP contribution < -0.4 is 4.90 Å². The smallest absolute Gasteiger partial charge is 0.268 e. The van der Waals surface area contributed by atoms with Gasteiger partial charge in [0.1, 0.15) is 5.82 Å². The summed E-state index contributed by atoms with van der Waals surface area (Å²) in [5.74, 6) is 0.0532. The fourth-order valence-electron chi connectivity index (χ4n) is 2.75. The van der Waals surface area contributed by atoms with E-state index in [2.05, 4.69) is 9.98 Å². The molecule has 6 heteroatoms. The van der Waals surface area contributed by atoms with Crippen LogP contribution in [-0.4, -0.2) is 16.1 Å². The number of thioether (sulfide) groups is 1. The summed E-state index contributed by atoms with van der Waals surface area (Å²) >= 11 is 1.28. The highest BCUT2D eigenvalue weighted by molar-refractivity contribution is 8.19. The number of aromatic nitrogens is 1. The summed E-state index contributed by atoms with van der Waals surface area (Å²) in [7, 11) is 0. The normalized spacial score (nSPS) is 16.9. The number of nitrogens with zero attached hydrogens (tertiary/aromatic N) is 3. The predicted octanol–water partition coefficient (Wildman–Crippen LogP) is 5.34. The van der Waals surface area contributed by atoms with E-state index in [1.54, 1.807) is 29.2 Å². The van der Waals surface area contributed by atoms with E-state index in [0.717, 1.165) is 16.9 Å². The SMILES string of the molecule is Cc1cccc(/N=C2/S/C(=C\c3ccc(F)cc3)C(=O)N2c2ccccc2)n1. The van der Waals surface area contributed by atoms with Gasteiger partial charge in [-0.1, -0.05) is 36.4 Å². The molecule has 138 valence electrons. The van der Waals surface area contributed by atoms with Crippen molar-refractivity contribution in [3.05, 3.63) is 94.8 Å². The number of carbonyl (C=O) groups is 1. The van der Waals surface area contributed by atoms with Crippen molar-refractivity contribution in [3.8, 4) is 0 Å². The molecule has 1 aromatic heterocycles. The van der Waals surface area contributed by atoms with Crippen molar-refractivity contribution in [1.82, 2.24) is 4.98 Å². The highest BCUT2D eigenvalue weighted by atomic mass is 32.2. The largest absolute Gasteiger partial charge is 0.271 e. The minimum Gasteiger partial charge on any atom is -0.268 e. The molecule has 0 saturated carbocycles. The summed E-state index contributed by atoms with van der Waals surface area (Å²) in [4.78, 5) is 24.2. The van der Waals surface area contributed by atoms with Crippen LogP contribution in [0.4, 0.5) is 15.9 Å². The lowest BCUT2D eigenvalue weighted by molar-refractivity contribution is -0.113. The van der Waals surface area contributed by atoms with Gasteiger partial charge in [0, 0.05) is 5.69 Å². The van der Waals surface area contributed by atoms with E-state index in [4.69, 9.17) is 0 Å². The molecule has 28 heavy (non-hydrogen) atoms. The lowest BCUT2D eigenvalue weighted by Crippen LogP contribution is -2.28. The van der Waals surface area contributed by atoms with Crippen LogP contribution in [0.15, 0.2) is 82.7 Å². The maximum absolute atomic E-state index is 13.2. The molecule has 0 spiro atoms. The number of aliphatic imine (C=N–C) groups is 1. The molecule has 0 bridgehead atoms. The Balaban J connectivity index is 1.76. The Labute approximate surface area is 166 Å². The number of amides is 1. The van der Waals surface area contributed by atoms with E-state index < -0.39 is 0 Å². The molecule has 1 fully saturated rings. The minimum atomic E-state index is -0.314. The number of para-hydroxylation sites is 1. The Morgan fingerprint density at radius 3 is 2.46 bits per heavy atom. The molecule has 0 unspecified atom stereocenters. The highest BCUT2D eigenvalue weighted by Gasteiger charge is 2.34. The standard InChI is InChI=1S/C22H16FN3OS/c1-15-6-5-9-20(24-15)25-22-26(18-7-3-2-4-8-18)21(27)19(28-22)14-16-10-12-17(23)13-11-16/h2-14H,1H3/b19-14-,25-22+. The van der Waals surface area contributed by atoms with E-state index in [9.17, 15) is 9.18 Å². The van der Waals surface area contributed by atoms with Crippen LogP contribution in [0.1, 0.15) is 11.3 Å². The topological polar surface area (TPSA) is 45.6 Å². The summed E-state index contributed by atoms with van der Waals surface area (Å²) in [5.41, 5.74) is 2.33. The van der Waals surface area contributed by atoms with Gasteiger partial charge in [-0.2, -0.15) is 0 Å². The lowest BCUT2D eigenvalue weighted by atomic mass is 10.2. The van der Waals surface area contributed by atoms with Crippen LogP contribution in [0.5, 0.6) is 0 Å². The number of rotatable bonds is 3. The molecule has 2 aromatic carbocycles.